The van der Waals surface area contributed by atoms with Crippen LogP contribution < -0.4 is 0 Å². The Morgan fingerprint density at radius 3 is 2.48 bits per heavy atom. The first-order chi connectivity index (χ1) is 9.94. The number of carboxylic acid groups (broad SMARTS) is 1. The van der Waals surface area contributed by atoms with Gasteiger partial charge in [0.2, 0.25) is 0 Å². The average molecular weight is 328 g/mol. The van der Waals surface area contributed by atoms with Gasteiger partial charge in [-0.1, -0.05) is 34.4 Å². The Balaban J connectivity index is 2.23. The maximum Gasteiger partial charge on any atom is 0.341 e. The van der Waals surface area contributed by atoms with Gasteiger partial charge < -0.3 is 14.4 Å². The first-order valence-corrected chi connectivity index (χ1v) is 7.01. The van der Waals surface area contributed by atoms with E-state index >= 15 is 0 Å². The minimum atomic E-state index is -1.16. The van der Waals surface area contributed by atoms with Crippen LogP contribution in [0.15, 0.2) is 22.7 Å². The van der Waals surface area contributed by atoms with Crippen molar-refractivity contribution in [1.82, 2.24) is 5.16 Å². The van der Waals surface area contributed by atoms with Crippen molar-refractivity contribution in [3.63, 3.8) is 0 Å². The summed E-state index contributed by atoms with van der Waals surface area (Å²) in [5.74, 6) is -0.971. The number of carbonyl (C=O) groups is 1. The van der Waals surface area contributed by atoms with Crippen LogP contribution in [0.5, 0.6) is 0 Å². The summed E-state index contributed by atoms with van der Waals surface area (Å²) < 4.78 is 10.7. The third-order valence-electron chi connectivity index (χ3n) is 3.59. The zero-order valence-electron chi connectivity index (χ0n) is 11.0. The maximum absolute atomic E-state index is 11.6. The summed E-state index contributed by atoms with van der Waals surface area (Å²) in [5.41, 5.74) is -0.375. The minimum Gasteiger partial charge on any atom is -0.477 e. The molecule has 1 saturated heterocycles. The molecule has 5 nitrogen and oxygen atoms in total. The van der Waals surface area contributed by atoms with Crippen LogP contribution in [0.4, 0.5) is 0 Å². The van der Waals surface area contributed by atoms with Crippen LogP contribution in [0, 0.1) is 0 Å². The highest BCUT2D eigenvalue weighted by Gasteiger charge is 2.44. The molecule has 1 unspecified atom stereocenters. The van der Waals surface area contributed by atoms with E-state index in [1.165, 1.54) is 0 Å². The Morgan fingerprint density at radius 2 is 2.00 bits per heavy atom. The SMILES string of the molecule is CC1(c2onc(-c3c(Cl)cccc3Cl)c2C(=O)O)CCO1. The van der Waals surface area contributed by atoms with Crippen molar-refractivity contribution in [3.8, 4) is 11.3 Å². The quantitative estimate of drug-likeness (QED) is 0.922. The summed E-state index contributed by atoms with van der Waals surface area (Å²) in [6.07, 6.45) is 0.665. The predicted octanol–water partition coefficient (Wildman–Crippen LogP) is 3.98. The van der Waals surface area contributed by atoms with Crippen LogP contribution >= 0.6 is 23.2 Å². The van der Waals surface area contributed by atoms with Crippen molar-refractivity contribution < 1.29 is 19.2 Å². The molecule has 1 aromatic heterocycles. The van der Waals surface area contributed by atoms with Crippen LogP contribution in [0.1, 0.15) is 29.5 Å². The molecule has 2 heterocycles. The molecular weight excluding hydrogens is 317 g/mol. The molecule has 21 heavy (non-hydrogen) atoms. The fourth-order valence-electron chi connectivity index (χ4n) is 2.33. The van der Waals surface area contributed by atoms with Gasteiger partial charge in [-0.2, -0.15) is 0 Å². The van der Waals surface area contributed by atoms with Gasteiger partial charge in [0, 0.05) is 12.0 Å². The lowest BCUT2D eigenvalue weighted by Gasteiger charge is -2.36. The van der Waals surface area contributed by atoms with Crippen molar-refractivity contribution >= 4 is 29.2 Å². The number of hydrogen-bond donors (Lipinski definition) is 1. The Labute approximate surface area is 130 Å². The van der Waals surface area contributed by atoms with E-state index in [2.05, 4.69) is 5.16 Å². The minimum absolute atomic E-state index is 0.0628. The van der Waals surface area contributed by atoms with Crippen molar-refractivity contribution in [2.45, 2.75) is 18.9 Å². The van der Waals surface area contributed by atoms with Crippen molar-refractivity contribution in [3.05, 3.63) is 39.6 Å². The second-order valence-corrected chi connectivity index (χ2v) is 5.78. The molecule has 1 N–H and O–H groups in total. The highest BCUT2D eigenvalue weighted by Crippen LogP contribution is 2.43. The second kappa shape index (κ2) is 5.02. The molecule has 2 aromatic rings. The molecule has 1 fully saturated rings. The Kier molecular flexibility index (Phi) is 3.43. The largest absolute Gasteiger partial charge is 0.477 e. The van der Waals surface area contributed by atoms with E-state index in [4.69, 9.17) is 32.5 Å². The molecule has 1 aliphatic rings. The van der Waals surface area contributed by atoms with Crippen LogP contribution in [-0.4, -0.2) is 22.8 Å². The maximum atomic E-state index is 11.6. The normalized spacial score (nSPS) is 21.1. The summed E-state index contributed by atoms with van der Waals surface area (Å²) in [6, 6.07) is 4.90. The number of rotatable bonds is 3. The van der Waals surface area contributed by atoms with Gasteiger partial charge in [-0.05, 0) is 19.1 Å². The molecule has 1 aliphatic heterocycles. The number of aromatic carboxylic acids is 1. The van der Waals surface area contributed by atoms with Crippen LogP contribution in [-0.2, 0) is 10.3 Å². The fourth-order valence-corrected chi connectivity index (χ4v) is 2.91. The number of ether oxygens (including phenoxy) is 1. The van der Waals surface area contributed by atoms with Gasteiger partial charge in [-0.3, -0.25) is 0 Å². The van der Waals surface area contributed by atoms with E-state index in [0.717, 1.165) is 0 Å². The predicted molar refractivity (Wildman–Crippen MR) is 76.8 cm³/mol. The van der Waals surface area contributed by atoms with Gasteiger partial charge in [-0.25, -0.2) is 4.79 Å². The lowest BCUT2D eigenvalue weighted by Crippen LogP contribution is -2.38. The van der Waals surface area contributed by atoms with Gasteiger partial charge in [0.15, 0.2) is 5.76 Å². The third kappa shape index (κ3) is 2.21. The first-order valence-electron chi connectivity index (χ1n) is 6.26. The van der Waals surface area contributed by atoms with Gasteiger partial charge in [0.05, 0.1) is 16.7 Å². The topological polar surface area (TPSA) is 72.6 Å². The number of halogens is 2. The summed E-state index contributed by atoms with van der Waals surface area (Å²) in [7, 11) is 0. The Morgan fingerprint density at radius 1 is 1.38 bits per heavy atom. The number of aromatic nitrogens is 1. The summed E-state index contributed by atoms with van der Waals surface area (Å²) in [4.78, 5) is 11.6. The van der Waals surface area contributed by atoms with Crippen molar-refractivity contribution in [2.24, 2.45) is 0 Å². The molecule has 110 valence electrons. The first kappa shape index (κ1) is 14.4. The molecule has 0 radical (unpaired) electrons. The number of benzene rings is 1. The van der Waals surface area contributed by atoms with Gasteiger partial charge in [-0.15, -0.1) is 0 Å². The third-order valence-corrected chi connectivity index (χ3v) is 4.22. The zero-order chi connectivity index (χ0) is 15.2. The second-order valence-electron chi connectivity index (χ2n) is 4.97. The van der Waals surface area contributed by atoms with E-state index < -0.39 is 11.6 Å². The lowest BCUT2D eigenvalue weighted by atomic mass is 9.90. The zero-order valence-corrected chi connectivity index (χ0v) is 12.5. The van der Waals surface area contributed by atoms with Gasteiger partial charge >= 0.3 is 5.97 Å². The average Bonchev–Trinajstić information content (AvgIpc) is 2.80. The number of hydrogen-bond acceptors (Lipinski definition) is 4. The summed E-state index contributed by atoms with van der Waals surface area (Å²) in [6.45, 7) is 2.32. The standard InChI is InChI=1S/C14H11Cl2NO4/c1-14(5-6-20-14)12-10(13(18)19)11(17-21-12)9-7(15)3-2-4-8(9)16/h2-4H,5-6H2,1H3,(H,18,19). The fraction of sp³-hybridized carbons (Fsp3) is 0.286. The smallest absolute Gasteiger partial charge is 0.341 e. The molecule has 0 aliphatic carbocycles. The molecule has 3 rings (SSSR count). The van der Waals surface area contributed by atoms with Crippen molar-refractivity contribution in [2.75, 3.05) is 6.61 Å². The van der Waals surface area contributed by atoms with Gasteiger partial charge in [0.1, 0.15) is 16.9 Å². The monoisotopic (exact) mass is 327 g/mol. The van der Waals surface area contributed by atoms with Crippen molar-refractivity contribution in [1.29, 1.82) is 0 Å². The molecular formula is C14H11Cl2NO4. The molecule has 7 heteroatoms. The van der Waals surface area contributed by atoms with E-state index in [0.29, 0.717) is 28.6 Å². The Bertz CT molecular complexity index is 702. The van der Waals surface area contributed by atoms with Crippen LogP contribution in [0.2, 0.25) is 10.0 Å². The summed E-state index contributed by atoms with van der Waals surface area (Å²) in [5, 5.41) is 14.0. The van der Waals surface area contributed by atoms with E-state index in [-0.39, 0.29) is 17.0 Å². The van der Waals surface area contributed by atoms with E-state index in [1.807, 2.05) is 0 Å². The molecule has 0 amide bonds. The number of carboxylic acids is 1. The number of nitrogens with zero attached hydrogens (tertiary/aromatic N) is 1. The van der Waals surface area contributed by atoms with Crippen LogP contribution in [0.25, 0.3) is 11.3 Å². The Hall–Kier alpha value is -1.56. The molecule has 0 saturated carbocycles. The lowest BCUT2D eigenvalue weighted by molar-refractivity contribution is -0.154. The molecule has 0 bridgehead atoms. The van der Waals surface area contributed by atoms with E-state index in [1.54, 1.807) is 25.1 Å². The highest BCUT2D eigenvalue weighted by atomic mass is 35.5. The van der Waals surface area contributed by atoms with Gasteiger partial charge in [0.25, 0.3) is 0 Å². The molecule has 1 aromatic carbocycles. The van der Waals surface area contributed by atoms with E-state index in [9.17, 15) is 9.90 Å². The highest BCUT2D eigenvalue weighted by molar-refractivity contribution is 6.39. The molecule has 0 spiro atoms. The molecule has 1 atom stereocenters. The van der Waals surface area contributed by atoms with Crippen LogP contribution in [0.3, 0.4) is 0 Å². The summed E-state index contributed by atoms with van der Waals surface area (Å²) >= 11 is 12.2.